The third-order valence-corrected chi connectivity index (χ3v) is 1.76. The molecule has 0 radical (unpaired) electrons. The van der Waals surface area contributed by atoms with E-state index in [1.165, 1.54) is 0 Å². The molecule has 0 saturated heterocycles. The van der Waals surface area contributed by atoms with E-state index in [0.29, 0.717) is 0 Å². The Morgan fingerprint density at radius 1 is 1.36 bits per heavy atom. The molecule has 8 heteroatoms. The zero-order valence-corrected chi connectivity index (χ0v) is 6.01. The van der Waals surface area contributed by atoms with Gasteiger partial charge in [-0.15, -0.1) is 0 Å². The highest BCUT2D eigenvalue weighted by Crippen LogP contribution is 2.44. The lowest BCUT2D eigenvalue weighted by Crippen LogP contribution is -2.19. The van der Waals surface area contributed by atoms with E-state index in [1.807, 2.05) is 0 Å². The summed E-state index contributed by atoms with van der Waals surface area (Å²) in [5, 5.41) is 8.24. The van der Waals surface area contributed by atoms with Crippen LogP contribution < -0.4 is 0 Å². The number of alkyl halides is 3. The number of aliphatic hydroxyl groups excluding tert-OH is 1. The van der Waals surface area contributed by atoms with E-state index in [2.05, 4.69) is 0 Å². The summed E-state index contributed by atoms with van der Waals surface area (Å²) in [6.07, 6.45) is -6.65. The largest absolute Gasteiger partial charge is 0.392 e. The van der Waals surface area contributed by atoms with Crippen molar-refractivity contribution in [1.29, 1.82) is 0 Å². The first-order valence-electron chi connectivity index (χ1n) is 2.43. The fraction of sp³-hybridized carbons (Fsp3) is 1.00. The van der Waals surface area contributed by atoms with Crippen LogP contribution in [0.15, 0.2) is 0 Å². The van der Waals surface area contributed by atoms with Gasteiger partial charge in [0.1, 0.15) is 0 Å². The Morgan fingerprint density at radius 2 is 1.73 bits per heavy atom. The molecule has 4 nitrogen and oxygen atoms in total. The second-order valence-electron chi connectivity index (χ2n) is 1.89. The van der Waals surface area contributed by atoms with Crippen LogP contribution in [0.4, 0.5) is 13.2 Å². The van der Waals surface area contributed by atoms with Crippen molar-refractivity contribution in [2.45, 2.75) is 18.4 Å². The number of hydrogen-bond acceptors (Lipinski definition) is 2. The van der Waals surface area contributed by atoms with E-state index in [0.717, 1.165) is 0 Å². The van der Waals surface area contributed by atoms with Gasteiger partial charge in [0.2, 0.25) is 0 Å². The lowest BCUT2D eigenvalue weighted by molar-refractivity contribution is -0.146. The predicted molar refractivity (Wildman–Crippen MR) is 28.7 cm³/mol. The minimum absolute atomic E-state index is 1.89. The average molecular weight is 194 g/mol. The highest BCUT2D eigenvalue weighted by atomic mass is 31.2. The molecule has 0 spiro atoms. The van der Waals surface area contributed by atoms with E-state index in [-0.39, 0.29) is 0 Å². The first kappa shape index (κ1) is 10.9. The summed E-state index contributed by atoms with van der Waals surface area (Å²) in [5.74, 6) is -2.65. The standard InChI is InChI=1S/C3H6F3O4P/c4-3(5,6)1-2(7)11(8,9)10/h2,7H,1H2,(H2,8,9,10)/t2-/m1/s1. The molecule has 0 unspecified atom stereocenters. The summed E-state index contributed by atoms with van der Waals surface area (Å²) < 4.78 is 44.0. The normalized spacial score (nSPS) is 16.5. The van der Waals surface area contributed by atoms with Crippen molar-refractivity contribution in [1.82, 2.24) is 0 Å². The topological polar surface area (TPSA) is 77.8 Å². The van der Waals surface area contributed by atoms with Gasteiger partial charge in [-0.2, -0.15) is 13.2 Å². The number of aliphatic hydroxyl groups is 1. The molecule has 0 aliphatic rings. The van der Waals surface area contributed by atoms with Crippen LogP contribution in [-0.2, 0) is 4.57 Å². The van der Waals surface area contributed by atoms with Gasteiger partial charge in [0.25, 0.3) is 0 Å². The summed E-state index contributed by atoms with van der Waals surface area (Å²) in [5.41, 5.74) is 0. The van der Waals surface area contributed by atoms with Crippen LogP contribution in [0.2, 0.25) is 0 Å². The Bertz CT molecular complexity index is 172. The molecule has 0 aromatic rings. The molecule has 3 N–H and O–H groups in total. The number of rotatable bonds is 2. The zero-order valence-electron chi connectivity index (χ0n) is 5.12. The van der Waals surface area contributed by atoms with Crippen LogP contribution in [0.5, 0.6) is 0 Å². The molecular weight excluding hydrogens is 188 g/mol. The molecule has 0 bridgehead atoms. The second-order valence-corrected chi connectivity index (χ2v) is 3.66. The predicted octanol–water partition coefficient (Wildman–Crippen LogP) is 0.435. The molecule has 11 heavy (non-hydrogen) atoms. The Labute approximate surface area is 59.8 Å². The molecule has 0 amide bonds. The SMILES string of the molecule is O=P(O)(O)[C@@H](O)CC(F)(F)F. The maximum absolute atomic E-state index is 11.3. The maximum Gasteiger partial charge on any atom is 0.392 e. The van der Waals surface area contributed by atoms with Crippen molar-refractivity contribution in [3.63, 3.8) is 0 Å². The Balaban J connectivity index is 4.10. The van der Waals surface area contributed by atoms with E-state index < -0.39 is 26.0 Å². The van der Waals surface area contributed by atoms with Gasteiger partial charge in [0, 0.05) is 0 Å². The fourth-order valence-corrected chi connectivity index (χ4v) is 0.771. The van der Waals surface area contributed by atoms with Crippen LogP contribution >= 0.6 is 7.60 Å². The zero-order chi connectivity index (χ0) is 9.28. The molecule has 0 aliphatic heterocycles. The second kappa shape index (κ2) is 3.10. The molecule has 0 aromatic heterocycles. The van der Waals surface area contributed by atoms with Crippen molar-refractivity contribution < 1.29 is 32.6 Å². The molecule has 0 aliphatic carbocycles. The monoisotopic (exact) mass is 194 g/mol. The van der Waals surface area contributed by atoms with Crippen molar-refractivity contribution in [3.05, 3.63) is 0 Å². The molecular formula is C3H6F3O4P. The Morgan fingerprint density at radius 3 is 1.82 bits per heavy atom. The van der Waals surface area contributed by atoms with E-state index in [1.54, 1.807) is 0 Å². The highest BCUT2D eigenvalue weighted by Gasteiger charge is 2.38. The lowest BCUT2D eigenvalue weighted by Gasteiger charge is -2.13. The van der Waals surface area contributed by atoms with Crippen molar-refractivity contribution in [2.75, 3.05) is 0 Å². The van der Waals surface area contributed by atoms with Crippen molar-refractivity contribution >= 4 is 7.60 Å². The van der Waals surface area contributed by atoms with Crippen molar-refractivity contribution in [2.24, 2.45) is 0 Å². The molecule has 0 saturated carbocycles. The quantitative estimate of drug-likeness (QED) is 0.557. The van der Waals surface area contributed by atoms with Gasteiger partial charge in [0.15, 0.2) is 5.85 Å². The first-order chi connectivity index (χ1) is 4.63. The minimum Gasteiger partial charge on any atom is -0.380 e. The highest BCUT2D eigenvalue weighted by molar-refractivity contribution is 7.52. The van der Waals surface area contributed by atoms with Crippen LogP contribution in [0.25, 0.3) is 0 Å². The van der Waals surface area contributed by atoms with Gasteiger partial charge in [0.05, 0.1) is 6.42 Å². The summed E-state index contributed by atoms with van der Waals surface area (Å²) in [7, 11) is -5.02. The fourth-order valence-electron chi connectivity index (χ4n) is 0.326. The van der Waals surface area contributed by atoms with Gasteiger partial charge in [-0.3, -0.25) is 4.57 Å². The van der Waals surface area contributed by atoms with E-state index >= 15 is 0 Å². The van der Waals surface area contributed by atoms with Gasteiger partial charge < -0.3 is 14.9 Å². The first-order valence-corrected chi connectivity index (χ1v) is 4.11. The van der Waals surface area contributed by atoms with Crippen LogP contribution in [0.1, 0.15) is 6.42 Å². The van der Waals surface area contributed by atoms with Crippen molar-refractivity contribution in [3.8, 4) is 0 Å². The summed E-state index contributed by atoms with van der Waals surface area (Å²) >= 11 is 0. The molecule has 0 aromatic carbocycles. The summed E-state index contributed by atoms with van der Waals surface area (Å²) in [4.78, 5) is 16.0. The Kier molecular flexibility index (Phi) is 3.07. The average Bonchev–Trinajstić information content (AvgIpc) is 1.56. The molecule has 0 fully saturated rings. The van der Waals surface area contributed by atoms with Crippen LogP contribution in [0, 0.1) is 0 Å². The van der Waals surface area contributed by atoms with Gasteiger partial charge in [-0.05, 0) is 0 Å². The van der Waals surface area contributed by atoms with E-state index in [4.69, 9.17) is 14.9 Å². The minimum atomic E-state index is -5.02. The third-order valence-electron chi connectivity index (χ3n) is 0.802. The van der Waals surface area contributed by atoms with Crippen LogP contribution in [-0.4, -0.2) is 26.9 Å². The van der Waals surface area contributed by atoms with Gasteiger partial charge in [-0.25, -0.2) is 0 Å². The molecule has 0 rings (SSSR count). The molecule has 68 valence electrons. The van der Waals surface area contributed by atoms with Gasteiger partial charge in [-0.1, -0.05) is 0 Å². The Hall–Kier alpha value is -0.100. The summed E-state index contributed by atoms with van der Waals surface area (Å²) in [6, 6.07) is 0. The lowest BCUT2D eigenvalue weighted by atomic mass is 10.4. The van der Waals surface area contributed by atoms with E-state index in [9.17, 15) is 17.7 Å². The third kappa shape index (κ3) is 5.20. The van der Waals surface area contributed by atoms with Crippen LogP contribution in [0.3, 0.4) is 0 Å². The van der Waals surface area contributed by atoms with Gasteiger partial charge >= 0.3 is 13.8 Å². The smallest absolute Gasteiger partial charge is 0.380 e. The molecule has 1 atom stereocenters. The number of halogens is 3. The maximum atomic E-state index is 11.3. The number of hydrogen-bond donors (Lipinski definition) is 3. The summed E-state index contributed by atoms with van der Waals surface area (Å²) in [6.45, 7) is 0. The molecule has 0 heterocycles.